The van der Waals surface area contributed by atoms with Gasteiger partial charge in [-0.3, -0.25) is 9.59 Å². The SMILES string of the molecule is CCOCC(=O)N[C@H](Cc1ccc(C(=O)O)cc1)C(N)=O. The van der Waals surface area contributed by atoms with Crippen molar-refractivity contribution in [2.75, 3.05) is 13.2 Å². The van der Waals surface area contributed by atoms with Crippen molar-refractivity contribution in [2.45, 2.75) is 19.4 Å². The number of primary amides is 1. The van der Waals surface area contributed by atoms with Gasteiger partial charge in [-0.15, -0.1) is 0 Å². The second kappa shape index (κ2) is 8.01. The van der Waals surface area contributed by atoms with Crippen molar-refractivity contribution < 1.29 is 24.2 Å². The molecule has 21 heavy (non-hydrogen) atoms. The summed E-state index contributed by atoms with van der Waals surface area (Å²) in [6, 6.07) is 5.14. The number of carboxylic acid groups (broad SMARTS) is 1. The minimum atomic E-state index is -1.03. The Morgan fingerprint density at radius 2 is 1.90 bits per heavy atom. The first-order chi connectivity index (χ1) is 9.93. The van der Waals surface area contributed by atoms with E-state index in [9.17, 15) is 14.4 Å². The summed E-state index contributed by atoms with van der Waals surface area (Å²) in [6.07, 6.45) is 0.188. The molecular weight excluding hydrogens is 276 g/mol. The van der Waals surface area contributed by atoms with E-state index in [2.05, 4.69) is 5.32 Å². The van der Waals surface area contributed by atoms with Gasteiger partial charge in [0.2, 0.25) is 11.8 Å². The van der Waals surface area contributed by atoms with E-state index < -0.39 is 23.8 Å². The van der Waals surface area contributed by atoms with Crippen molar-refractivity contribution in [3.05, 3.63) is 35.4 Å². The van der Waals surface area contributed by atoms with Crippen LogP contribution in [0.2, 0.25) is 0 Å². The molecule has 1 atom stereocenters. The Hall–Kier alpha value is -2.41. The van der Waals surface area contributed by atoms with Gasteiger partial charge in [-0.1, -0.05) is 12.1 Å². The van der Waals surface area contributed by atoms with Crippen LogP contribution in [-0.2, 0) is 20.7 Å². The highest BCUT2D eigenvalue weighted by molar-refractivity contribution is 5.88. The standard InChI is InChI=1S/C14H18N2O5/c1-2-21-8-12(17)16-11(13(15)18)7-9-3-5-10(6-4-9)14(19)20/h3-6,11H,2,7-8H2,1H3,(H2,15,18)(H,16,17)(H,19,20)/t11-/m1/s1. The summed E-state index contributed by atoms with van der Waals surface area (Å²) in [5, 5.41) is 11.3. The fraction of sp³-hybridized carbons (Fsp3) is 0.357. The molecule has 4 N–H and O–H groups in total. The Morgan fingerprint density at radius 1 is 1.29 bits per heavy atom. The molecule has 0 saturated carbocycles. The van der Waals surface area contributed by atoms with Gasteiger partial charge in [0, 0.05) is 13.0 Å². The van der Waals surface area contributed by atoms with Crippen LogP contribution < -0.4 is 11.1 Å². The van der Waals surface area contributed by atoms with E-state index in [4.69, 9.17) is 15.6 Å². The molecule has 1 aromatic carbocycles. The zero-order chi connectivity index (χ0) is 15.8. The lowest BCUT2D eigenvalue weighted by atomic mass is 10.0. The molecule has 0 aliphatic carbocycles. The number of carboxylic acids is 1. The zero-order valence-corrected chi connectivity index (χ0v) is 11.7. The largest absolute Gasteiger partial charge is 0.478 e. The van der Waals surface area contributed by atoms with Gasteiger partial charge in [-0.2, -0.15) is 0 Å². The van der Waals surface area contributed by atoms with E-state index in [0.29, 0.717) is 12.2 Å². The molecule has 0 unspecified atom stereocenters. The summed E-state index contributed by atoms with van der Waals surface area (Å²) >= 11 is 0. The molecule has 0 heterocycles. The summed E-state index contributed by atoms with van der Waals surface area (Å²) in [4.78, 5) is 33.6. The van der Waals surface area contributed by atoms with Crippen LogP contribution in [0.5, 0.6) is 0 Å². The van der Waals surface area contributed by atoms with E-state index in [0.717, 1.165) is 0 Å². The fourth-order valence-electron chi connectivity index (χ4n) is 1.67. The molecule has 0 saturated heterocycles. The molecule has 114 valence electrons. The van der Waals surface area contributed by atoms with Crippen molar-refractivity contribution in [3.63, 3.8) is 0 Å². The van der Waals surface area contributed by atoms with Crippen LogP contribution in [0.25, 0.3) is 0 Å². The highest BCUT2D eigenvalue weighted by Crippen LogP contribution is 2.07. The maximum Gasteiger partial charge on any atom is 0.335 e. The Balaban J connectivity index is 2.67. The second-order valence-corrected chi connectivity index (χ2v) is 4.37. The van der Waals surface area contributed by atoms with Crippen LogP contribution in [0.15, 0.2) is 24.3 Å². The number of benzene rings is 1. The summed E-state index contributed by atoms with van der Waals surface area (Å²) in [7, 11) is 0. The molecule has 2 amide bonds. The number of aromatic carboxylic acids is 1. The van der Waals surface area contributed by atoms with Crippen LogP contribution in [0.3, 0.4) is 0 Å². The smallest absolute Gasteiger partial charge is 0.335 e. The van der Waals surface area contributed by atoms with E-state index >= 15 is 0 Å². The van der Waals surface area contributed by atoms with Gasteiger partial charge >= 0.3 is 5.97 Å². The van der Waals surface area contributed by atoms with Crippen molar-refractivity contribution >= 4 is 17.8 Å². The summed E-state index contributed by atoms with van der Waals surface area (Å²) in [5.74, 6) is -2.12. The number of carbonyl (C=O) groups excluding carboxylic acids is 2. The quantitative estimate of drug-likeness (QED) is 0.620. The third-order valence-electron chi connectivity index (χ3n) is 2.76. The molecule has 7 heteroatoms. The molecule has 0 spiro atoms. The van der Waals surface area contributed by atoms with Crippen LogP contribution in [0, 0.1) is 0 Å². The summed E-state index contributed by atoms with van der Waals surface area (Å²) in [6.45, 7) is 2.01. The van der Waals surface area contributed by atoms with E-state index in [1.165, 1.54) is 12.1 Å². The second-order valence-electron chi connectivity index (χ2n) is 4.37. The predicted molar refractivity (Wildman–Crippen MR) is 74.7 cm³/mol. The lowest BCUT2D eigenvalue weighted by Gasteiger charge is -2.15. The molecule has 1 rings (SSSR count). The zero-order valence-electron chi connectivity index (χ0n) is 11.7. The fourth-order valence-corrected chi connectivity index (χ4v) is 1.67. The molecule has 0 aliphatic rings. The number of amides is 2. The Morgan fingerprint density at radius 3 is 2.38 bits per heavy atom. The van der Waals surface area contributed by atoms with Gasteiger partial charge in [-0.25, -0.2) is 4.79 Å². The Bertz CT molecular complexity index is 513. The van der Waals surface area contributed by atoms with Crippen molar-refractivity contribution in [2.24, 2.45) is 5.73 Å². The third kappa shape index (κ3) is 5.62. The van der Waals surface area contributed by atoms with Gasteiger partial charge in [0.05, 0.1) is 5.56 Å². The maximum absolute atomic E-state index is 11.5. The molecule has 0 fully saturated rings. The third-order valence-corrected chi connectivity index (χ3v) is 2.76. The molecular formula is C14H18N2O5. The number of rotatable bonds is 8. The van der Waals surface area contributed by atoms with E-state index in [-0.39, 0.29) is 18.6 Å². The van der Waals surface area contributed by atoms with Crippen LogP contribution in [-0.4, -0.2) is 42.1 Å². The first-order valence-corrected chi connectivity index (χ1v) is 6.42. The lowest BCUT2D eigenvalue weighted by Crippen LogP contribution is -2.47. The summed E-state index contributed by atoms with van der Waals surface area (Å²) in [5.41, 5.74) is 6.09. The van der Waals surface area contributed by atoms with Gasteiger partial charge in [0.15, 0.2) is 0 Å². The molecule has 0 bridgehead atoms. The summed E-state index contributed by atoms with van der Waals surface area (Å²) < 4.78 is 4.94. The van der Waals surface area contributed by atoms with Crippen LogP contribution in [0.4, 0.5) is 0 Å². The van der Waals surface area contributed by atoms with Gasteiger partial charge in [0.1, 0.15) is 12.6 Å². The molecule has 1 aromatic rings. The monoisotopic (exact) mass is 294 g/mol. The number of nitrogens with one attached hydrogen (secondary N) is 1. The average molecular weight is 294 g/mol. The molecule has 0 aromatic heterocycles. The predicted octanol–water partition coefficient (Wildman–Crippen LogP) is -0.0661. The average Bonchev–Trinajstić information content (AvgIpc) is 2.44. The molecule has 0 radical (unpaired) electrons. The van der Waals surface area contributed by atoms with Gasteiger partial charge in [0.25, 0.3) is 0 Å². The number of carbonyl (C=O) groups is 3. The first kappa shape index (κ1) is 16.6. The van der Waals surface area contributed by atoms with Crippen molar-refractivity contribution in [3.8, 4) is 0 Å². The minimum Gasteiger partial charge on any atom is -0.478 e. The van der Waals surface area contributed by atoms with Gasteiger partial charge in [-0.05, 0) is 24.6 Å². The first-order valence-electron chi connectivity index (χ1n) is 6.42. The Labute approximate surface area is 122 Å². The van der Waals surface area contributed by atoms with Crippen LogP contribution in [0.1, 0.15) is 22.8 Å². The van der Waals surface area contributed by atoms with Crippen LogP contribution >= 0.6 is 0 Å². The van der Waals surface area contributed by atoms with Crippen molar-refractivity contribution in [1.82, 2.24) is 5.32 Å². The van der Waals surface area contributed by atoms with Crippen molar-refractivity contribution in [1.29, 1.82) is 0 Å². The number of hydrogen-bond donors (Lipinski definition) is 3. The molecule has 0 aliphatic heterocycles. The highest BCUT2D eigenvalue weighted by atomic mass is 16.5. The van der Waals surface area contributed by atoms with Gasteiger partial charge < -0.3 is 20.9 Å². The Kier molecular flexibility index (Phi) is 6.35. The minimum absolute atomic E-state index is 0.141. The number of nitrogens with two attached hydrogens (primary N) is 1. The topological polar surface area (TPSA) is 119 Å². The number of ether oxygens (including phenoxy) is 1. The van der Waals surface area contributed by atoms with E-state index in [1.807, 2.05) is 0 Å². The maximum atomic E-state index is 11.5. The molecule has 7 nitrogen and oxygen atoms in total. The number of hydrogen-bond acceptors (Lipinski definition) is 4. The lowest BCUT2D eigenvalue weighted by molar-refractivity contribution is -0.130. The highest BCUT2D eigenvalue weighted by Gasteiger charge is 2.18. The van der Waals surface area contributed by atoms with E-state index in [1.54, 1.807) is 19.1 Å². The normalized spacial score (nSPS) is 11.7.